The van der Waals surface area contributed by atoms with E-state index in [0.717, 1.165) is 57.8 Å². The van der Waals surface area contributed by atoms with Crippen LogP contribution in [-0.2, 0) is 14.3 Å². The Kier molecular flexibility index (Phi) is 48.5. The van der Waals surface area contributed by atoms with Crippen molar-refractivity contribution in [1.82, 2.24) is 5.32 Å². The highest BCUT2D eigenvalue weighted by Crippen LogP contribution is 2.19. The van der Waals surface area contributed by atoms with E-state index >= 15 is 0 Å². The Morgan fingerprint density at radius 2 is 0.820 bits per heavy atom. The predicted molar refractivity (Wildman–Crippen MR) is 264 cm³/mol. The van der Waals surface area contributed by atoms with Crippen LogP contribution in [0.4, 0.5) is 0 Å². The maximum Gasteiger partial charge on any atom is 0.306 e. The zero-order valence-electron chi connectivity index (χ0n) is 41.3. The Balaban J connectivity index is 4.44. The van der Waals surface area contributed by atoms with E-state index in [0.29, 0.717) is 19.3 Å². The number of ether oxygens (including phenoxy) is 1. The number of unbranched alkanes of at least 4 members (excludes halogenated alkanes) is 36. The highest BCUT2D eigenvalue weighted by atomic mass is 16.5. The van der Waals surface area contributed by atoms with Gasteiger partial charge in [0.15, 0.2) is 0 Å². The quantitative estimate of drug-likeness (QED) is 0.0322. The van der Waals surface area contributed by atoms with Crippen LogP contribution in [0.1, 0.15) is 303 Å². The van der Waals surface area contributed by atoms with Crippen molar-refractivity contribution in [3.05, 3.63) is 12.2 Å². The van der Waals surface area contributed by atoms with E-state index in [4.69, 9.17) is 4.74 Å². The average Bonchev–Trinajstić information content (AvgIpc) is 3.25. The van der Waals surface area contributed by atoms with Gasteiger partial charge in [-0.2, -0.15) is 0 Å². The second-order valence-electron chi connectivity index (χ2n) is 19.0. The lowest BCUT2D eigenvalue weighted by molar-refractivity contribution is -0.151. The van der Waals surface area contributed by atoms with E-state index in [1.54, 1.807) is 0 Å². The lowest BCUT2D eigenvalue weighted by Crippen LogP contribution is -2.46. The van der Waals surface area contributed by atoms with Gasteiger partial charge in [0.25, 0.3) is 0 Å². The van der Waals surface area contributed by atoms with E-state index in [2.05, 4.69) is 38.2 Å². The fraction of sp³-hybridized carbons (Fsp3) is 0.927. The molecule has 362 valence electrons. The number of hydrogen-bond donors (Lipinski definition) is 3. The molecule has 0 aliphatic rings. The number of amides is 1. The molecule has 0 aliphatic carbocycles. The molecule has 1 amide bonds. The van der Waals surface area contributed by atoms with Crippen LogP contribution in [0.2, 0.25) is 0 Å². The lowest BCUT2D eigenvalue weighted by atomic mass is 10.0. The van der Waals surface area contributed by atoms with Gasteiger partial charge in [0.2, 0.25) is 5.91 Å². The van der Waals surface area contributed by atoms with Crippen molar-refractivity contribution < 1.29 is 24.5 Å². The van der Waals surface area contributed by atoms with Gasteiger partial charge in [-0.1, -0.05) is 258 Å². The zero-order chi connectivity index (χ0) is 44.5. The summed E-state index contributed by atoms with van der Waals surface area (Å²) in [6, 6.07) is -0.696. The Hall–Kier alpha value is -1.40. The molecule has 6 heteroatoms. The number of aliphatic hydroxyl groups excluding tert-OH is 2. The predicted octanol–water partition coefficient (Wildman–Crippen LogP) is 16.5. The zero-order valence-corrected chi connectivity index (χ0v) is 41.3. The molecule has 6 nitrogen and oxygen atoms in total. The topological polar surface area (TPSA) is 95.9 Å². The summed E-state index contributed by atoms with van der Waals surface area (Å²) in [6.07, 6.45) is 55.6. The van der Waals surface area contributed by atoms with Gasteiger partial charge >= 0.3 is 5.97 Å². The maximum absolute atomic E-state index is 13.2. The van der Waals surface area contributed by atoms with Gasteiger partial charge in [-0.05, 0) is 44.9 Å². The fourth-order valence-electron chi connectivity index (χ4n) is 8.67. The molecule has 0 fully saturated rings. The summed E-state index contributed by atoms with van der Waals surface area (Å²) in [4.78, 5) is 26.1. The molecule has 0 spiro atoms. The Bertz CT molecular complexity index is 924. The largest absolute Gasteiger partial charge is 0.462 e. The number of carbonyl (C=O) groups is 2. The minimum absolute atomic E-state index is 0.0816. The molecule has 0 radical (unpaired) electrons. The molecule has 3 atom stereocenters. The number of esters is 1. The van der Waals surface area contributed by atoms with Gasteiger partial charge in [0, 0.05) is 6.42 Å². The van der Waals surface area contributed by atoms with Crippen molar-refractivity contribution in [1.29, 1.82) is 0 Å². The average molecular weight is 862 g/mol. The first-order chi connectivity index (χ1) is 30.0. The SMILES string of the molecule is CCC/C=C\CCCCCCCC(=O)OC(CCCCCCCCCCCCCCCCC)CC(=O)NC(CO)C(O)CCCCCCCCCCCCCCCCCCC. The van der Waals surface area contributed by atoms with E-state index in [9.17, 15) is 19.8 Å². The minimum Gasteiger partial charge on any atom is -0.462 e. The second-order valence-corrected chi connectivity index (χ2v) is 19.0. The summed E-state index contributed by atoms with van der Waals surface area (Å²) in [6.45, 7) is 6.46. The van der Waals surface area contributed by atoms with Crippen molar-refractivity contribution in [3.63, 3.8) is 0 Å². The molecule has 0 bridgehead atoms. The molecule has 0 aromatic carbocycles. The van der Waals surface area contributed by atoms with E-state index in [1.165, 1.54) is 199 Å². The normalized spacial score (nSPS) is 13.2. The van der Waals surface area contributed by atoms with Crippen LogP contribution in [0, 0.1) is 0 Å². The number of allylic oxidation sites excluding steroid dienone is 2. The third kappa shape index (κ3) is 45.0. The number of hydrogen-bond acceptors (Lipinski definition) is 5. The highest BCUT2D eigenvalue weighted by Gasteiger charge is 2.24. The molecule has 0 aromatic heterocycles. The molecule has 3 unspecified atom stereocenters. The van der Waals surface area contributed by atoms with Crippen LogP contribution in [-0.4, -0.2) is 46.9 Å². The van der Waals surface area contributed by atoms with Crippen LogP contribution in [0.5, 0.6) is 0 Å². The van der Waals surface area contributed by atoms with Gasteiger partial charge in [0.05, 0.1) is 25.2 Å². The summed E-state index contributed by atoms with van der Waals surface area (Å²) >= 11 is 0. The summed E-state index contributed by atoms with van der Waals surface area (Å²) in [5, 5.41) is 23.8. The van der Waals surface area contributed by atoms with Gasteiger partial charge in [-0.15, -0.1) is 0 Å². The van der Waals surface area contributed by atoms with Gasteiger partial charge in [-0.25, -0.2) is 0 Å². The Morgan fingerprint density at radius 3 is 1.23 bits per heavy atom. The van der Waals surface area contributed by atoms with E-state index in [-0.39, 0.29) is 24.9 Å². The first-order valence-corrected chi connectivity index (χ1v) is 27.4. The van der Waals surface area contributed by atoms with Crippen LogP contribution in [0.3, 0.4) is 0 Å². The fourth-order valence-corrected chi connectivity index (χ4v) is 8.67. The third-order valence-corrected chi connectivity index (χ3v) is 12.8. The van der Waals surface area contributed by atoms with Crippen molar-refractivity contribution in [2.24, 2.45) is 0 Å². The second kappa shape index (κ2) is 49.6. The van der Waals surface area contributed by atoms with Gasteiger partial charge in [-0.3, -0.25) is 9.59 Å². The molecule has 0 saturated carbocycles. The van der Waals surface area contributed by atoms with Gasteiger partial charge < -0.3 is 20.3 Å². The summed E-state index contributed by atoms with van der Waals surface area (Å²) in [7, 11) is 0. The van der Waals surface area contributed by atoms with Crippen LogP contribution in [0.15, 0.2) is 12.2 Å². The van der Waals surface area contributed by atoms with Crippen molar-refractivity contribution in [3.8, 4) is 0 Å². The first-order valence-electron chi connectivity index (χ1n) is 27.4. The highest BCUT2D eigenvalue weighted by molar-refractivity contribution is 5.77. The first kappa shape index (κ1) is 59.6. The molecular formula is C55H107NO5. The molecule has 61 heavy (non-hydrogen) atoms. The number of rotatable bonds is 50. The number of nitrogens with one attached hydrogen (secondary N) is 1. The van der Waals surface area contributed by atoms with Crippen molar-refractivity contribution in [2.45, 2.75) is 322 Å². The maximum atomic E-state index is 13.2. The molecule has 0 rings (SSSR count). The third-order valence-electron chi connectivity index (χ3n) is 12.8. The molecule has 0 aromatic rings. The monoisotopic (exact) mass is 862 g/mol. The number of carbonyl (C=O) groups excluding carboxylic acids is 2. The van der Waals surface area contributed by atoms with Crippen molar-refractivity contribution >= 4 is 11.9 Å². The Morgan fingerprint density at radius 1 is 0.459 bits per heavy atom. The van der Waals surface area contributed by atoms with E-state index in [1.807, 2.05) is 0 Å². The van der Waals surface area contributed by atoms with Crippen LogP contribution >= 0.6 is 0 Å². The number of aliphatic hydroxyl groups is 2. The lowest BCUT2D eigenvalue weighted by Gasteiger charge is -2.24. The smallest absolute Gasteiger partial charge is 0.306 e. The van der Waals surface area contributed by atoms with Crippen LogP contribution in [0.25, 0.3) is 0 Å². The molecule has 0 saturated heterocycles. The summed E-state index contributed by atoms with van der Waals surface area (Å²) in [5.74, 6) is -0.467. The standard InChI is InChI=1S/C55H107NO5/c1-4-7-10-13-16-19-22-24-26-27-29-31-33-35-38-41-44-47-53(58)52(50-57)56-54(59)49-51(61-55(60)48-45-42-39-36-21-18-15-12-9-6-3)46-43-40-37-34-32-30-28-25-23-20-17-14-11-8-5-2/h12,15,51-53,57-58H,4-11,13-14,16-50H2,1-3H3,(H,56,59)/b15-12-. The van der Waals surface area contributed by atoms with Crippen molar-refractivity contribution in [2.75, 3.05) is 6.61 Å². The molecule has 0 heterocycles. The molecule has 0 aliphatic heterocycles. The Labute approximate surface area is 380 Å². The summed E-state index contributed by atoms with van der Waals surface area (Å²) < 4.78 is 5.93. The molecular weight excluding hydrogens is 755 g/mol. The minimum atomic E-state index is -0.783. The molecule has 3 N–H and O–H groups in total. The van der Waals surface area contributed by atoms with E-state index < -0.39 is 18.2 Å². The van der Waals surface area contributed by atoms with Gasteiger partial charge in [0.1, 0.15) is 6.10 Å². The summed E-state index contributed by atoms with van der Waals surface area (Å²) in [5.41, 5.74) is 0. The van der Waals surface area contributed by atoms with Crippen LogP contribution < -0.4 is 5.32 Å².